The van der Waals surface area contributed by atoms with Gasteiger partial charge in [0.05, 0.1) is 19.8 Å². The number of aromatic nitrogens is 1. The molecule has 0 saturated heterocycles. The Hall–Kier alpha value is -4.11. The van der Waals surface area contributed by atoms with E-state index < -0.39 is 5.91 Å². The number of carbonyl (C=O) groups excluding carboxylic acids is 1. The minimum Gasteiger partial charge on any atom is -0.507 e. The number of aromatic hydroxyl groups is 1. The maximum atomic E-state index is 12.6. The maximum Gasteiger partial charge on any atom is 0.257 e. The van der Waals surface area contributed by atoms with Crippen molar-refractivity contribution in [3.63, 3.8) is 0 Å². The van der Waals surface area contributed by atoms with E-state index in [4.69, 9.17) is 26.1 Å². The Bertz CT molecular complexity index is 1260. The lowest BCUT2D eigenvalue weighted by Crippen LogP contribution is -2.34. The summed E-state index contributed by atoms with van der Waals surface area (Å²) in [6.45, 7) is 0. The first-order valence-corrected chi connectivity index (χ1v) is 9.92. The molecular weight excluding hydrogens is 430 g/mol. The van der Waals surface area contributed by atoms with Gasteiger partial charge in [0.1, 0.15) is 22.8 Å². The summed E-state index contributed by atoms with van der Waals surface area (Å²) in [7, 11) is 3.00. The number of oxazole rings is 1. The summed E-state index contributed by atoms with van der Waals surface area (Å²) in [6.07, 6.45) is 0. The number of amides is 1. The third kappa shape index (κ3) is 4.47. The molecule has 0 unspecified atom stereocenters. The number of para-hydroxylation sites is 2. The van der Waals surface area contributed by atoms with Crippen molar-refractivity contribution in [2.75, 3.05) is 19.5 Å². The second-order valence-corrected chi connectivity index (χ2v) is 7.14. The van der Waals surface area contributed by atoms with Crippen LogP contribution in [0.4, 0.5) is 5.69 Å². The third-order valence-corrected chi connectivity index (χ3v) is 4.82. The highest BCUT2D eigenvalue weighted by Crippen LogP contribution is 2.33. The molecule has 0 atom stereocenters. The van der Waals surface area contributed by atoms with E-state index in [1.807, 2.05) is 18.2 Å². The van der Waals surface area contributed by atoms with Crippen LogP contribution in [0.2, 0.25) is 0 Å². The van der Waals surface area contributed by atoms with Crippen molar-refractivity contribution in [2.24, 2.45) is 0 Å². The van der Waals surface area contributed by atoms with E-state index in [1.165, 1.54) is 20.3 Å². The zero-order valence-electron chi connectivity index (χ0n) is 17.2. The number of phenols is 1. The van der Waals surface area contributed by atoms with Gasteiger partial charge in [-0.25, -0.2) is 4.98 Å². The highest BCUT2D eigenvalue weighted by atomic mass is 32.1. The Labute approximate surface area is 188 Å². The zero-order valence-corrected chi connectivity index (χ0v) is 18.0. The molecule has 1 heterocycles. The number of nitrogens with zero attached hydrogens (tertiary/aromatic N) is 1. The number of rotatable bonds is 5. The third-order valence-electron chi connectivity index (χ3n) is 4.62. The van der Waals surface area contributed by atoms with Gasteiger partial charge in [-0.05, 0) is 48.6 Å². The fraction of sp³-hybridized carbons (Fsp3) is 0.0870. The van der Waals surface area contributed by atoms with Crippen LogP contribution in [0.1, 0.15) is 10.4 Å². The average molecular weight is 449 g/mol. The molecule has 4 rings (SSSR count). The van der Waals surface area contributed by atoms with E-state index in [9.17, 15) is 9.90 Å². The normalized spacial score (nSPS) is 10.6. The Morgan fingerprint density at radius 1 is 1.03 bits per heavy atom. The quantitative estimate of drug-likeness (QED) is 0.386. The molecule has 1 aromatic heterocycles. The molecule has 3 aromatic carbocycles. The van der Waals surface area contributed by atoms with Gasteiger partial charge in [-0.3, -0.25) is 10.1 Å². The van der Waals surface area contributed by atoms with Gasteiger partial charge < -0.3 is 24.3 Å². The zero-order chi connectivity index (χ0) is 22.7. The van der Waals surface area contributed by atoms with Crippen molar-refractivity contribution >= 4 is 40.0 Å². The number of hydrogen-bond donors (Lipinski definition) is 3. The molecule has 0 aliphatic heterocycles. The van der Waals surface area contributed by atoms with Crippen molar-refractivity contribution in [1.82, 2.24) is 10.3 Å². The molecule has 4 aromatic rings. The second kappa shape index (κ2) is 8.94. The molecule has 0 saturated carbocycles. The first-order chi connectivity index (χ1) is 15.5. The summed E-state index contributed by atoms with van der Waals surface area (Å²) in [4.78, 5) is 16.9. The monoisotopic (exact) mass is 449 g/mol. The van der Waals surface area contributed by atoms with Crippen LogP contribution < -0.4 is 20.1 Å². The number of carbonyl (C=O) groups is 1. The molecule has 0 radical (unpaired) electrons. The first kappa shape index (κ1) is 21.1. The van der Waals surface area contributed by atoms with Crippen LogP contribution >= 0.6 is 12.2 Å². The van der Waals surface area contributed by atoms with E-state index in [0.29, 0.717) is 45.3 Å². The summed E-state index contributed by atoms with van der Waals surface area (Å²) >= 11 is 5.23. The van der Waals surface area contributed by atoms with Crippen molar-refractivity contribution in [3.8, 4) is 28.7 Å². The smallest absolute Gasteiger partial charge is 0.257 e. The minimum absolute atomic E-state index is 0.0479. The summed E-state index contributed by atoms with van der Waals surface area (Å²) in [5.74, 6) is 0.777. The van der Waals surface area contributed by atoms with Gasteiger partial charge in [0.25, 0.3) is 5.91 Å². The molecule has 0 aliphatic carbocycles. The highest BCUT2D eigenvalue weighted by Gasteiger charge is 2.15. The summed E-state index contributed by atoms with van der Waals surface area (Å²) < 4.78 is 16.1. The van der Waals surface area contributed by atoms with E-state index in [0.717, 1.165) is 0 Å². The van der Waals surface area contributed by atoms with Crippen LogP contribution in [-0.4, -0.2) is 35.3 Å². The van der Waals surface area contributed by atoms with Gasteiger partial charge in [0.2, 0.25) is 5.89 Å². The molecule has 0 spiro atoms. The number of fused-ring (bicyclic) bond motifs is 1. The number of hydrogen-bond acceptors (Lipinski definition) is 7. The number of ether oxygens (including phenoxy) is 2. The Balaban J connectivity index is 1.47. The lowest BCUT2D eigenvalue weighted by molar-refractivity contribution is 0.0977. The number of benzene rings is 3. The number of nitrogens with one attached hydrogen (secondary N) is 2. The standard InChI is InChI=1S/C23H19N3O5S/c1-29-15-9-13(10-16(12-15)30-2)21(28)26-23(32)24-14-7-8-17(19(27)11-14)22-25-18-5-3-4-6-20(18)31-22/h3-12,27H,1-2H3,(H2,24,26,28,32). The van der Waals surface area contributed by atoms with Crippen molar-refractivity contribution < 1.29 is 23.8 Å². The minimum atomic E-state index is -0.438. The van der Waals surface area contributed by atoms with Crippen molar-refractivity contribution in [3.05, 3.63) is 66.2 Å². The molecular formula is C23H19N3O5S. The first-order valence-electron chi connectivity index (χ1n) is 9.51. The van der Waals surface area contributed by atoms with Gasteiger partial charge in [0, 0.05) is 23.4 Å². The molecule has 3 N–H and O–H groups in total. The molecule has 0 bridgehead atoms. The van der Waals surface area contributed by atoms with Crippen LogP contribution in [-0.2, 0) is 0 Å². The van der Waals surface area contributed by atoms with Gasteiger partial charge in [0.15, 0.2) is 10.7 Å². The lowest BCUT2D eigenvalue weighted by Gasteiger charge is -2.12. The fourth-order valence-electron chi connectivity index (χ4n) is 3.05. The molecule has 1 amide bonds. The SMILES string of the molecule is COc1cc(OC)cc(C(=O)NC(=S)Nc2ccc(-c3nc4ccccc4o3)c(O)c2)c1. The Morgan fingerprint density at radius 3 is 2.41 bits per heavy atom. The predicted molar refractivity (Wildman–Crippen MR) is 124 cm³/mol. The molecule has 162 valence electrons. The number of thiocarbonyl (C=S) groups is 1. The van der Waals surface area contributed by atoms with Gasteiger partial charge >= 0.3 is 0 Å². The van der Waals surface area contributed by atoms with E-state index in [1.54, 1.807) is 36.4 Å². The van der Waals surface area contributed by atoms with Crippen molar-refractivity contribution in [1.29, 1.82) is 0 Å². The van der Waals surface area contributed by atoms with Crippen LogP contribution in [0.15, 0.2) is 65.1 Å². The molecule has 0 fully saturated rings. The van der Waals surface area contributed by atoms with Crippen LogP contribution in [0.5, 0.6) is 17.2 Å². The van der Waals surface area contributed by atoms with Gasteiger partial charge in [-0.1, -0.05) is 12.1 Å². The summed E-state index contributed by atoms with van der Waals surface area (Å²) in [5.41, 5.74) is 2.56. The fourth-order valence-corrected chi connectivity index (χ4v) is 3.26. The largest absolute Gasteiger partial charge is 0.507 e. The summed E-state index contributed by atoms with van der Waals surface area (Å²) in [5, 5.41) is 16.0. The van der Waals surface area contributed by atoms with Gasteiger partial charge in [-0.2, -0.15) is 0 Å². The second-order valence-electron chi connectivity index (χ2n) is 6.73. The maximum absolute atomic E-state index is 12.6. The highest BCUT2D eigenvalue weighted by molar-refractivity contribution is 7.80. The van der Waals surface area contributed by atoms with Gasteiger partial charge in [-0.15, -0.1) is 0 Å². The number of phenolic OH excluding ortho intramolecular Hbond substituents is 1. The Morgan fingerprint density at radius 2 is 1.75 bits per heavy atom. The Kier molecular flexibility index (Phi) is 5.91. The van der Waals surface area contributed by atoms with Crippen LogP contribution in [0, 0.1) is 0 Å². The van der Waals surface area contributed by atoms with E-state index >= 15 is 0 Å². The molecule has 32 heavy (non-hydrogen) atoms. The molecule has 9 heteroatoms. The number of methoxy groups -OCH3 is 2. The van der Waals surface area contributed by atoms with Crippen LogP contribution in [0.25, 0.3) is 22.6 Å². The average Bonchev–Trinajstić information content (AvgIpc) is 3.22. The summed E-state index contributed by atoms with van der Waals surface area (Å²) in [6, 6.07) is 17.0. The lowest BCUT2D eigenvalue weighted by atomic mass is 10.1. The molecule has 8 nitrogen and oxygen atoms in total. The van der Waals surface area contributed by atoms with Crippen molar-refractivity contribution in [2.45, 2.75) is 0 Å². The van der Waals surface area contributed by atoms with Crippen LogP contribution in [0.3, 0.4) is 0 Å². The topological polar surface area (TPSA) is 106 Å². The van der Waals surface area contributed by atoms with E-state index in [-0.39, 0.29) is 10.9 Å². The van der Waals surface area contributed by atoms with E-state index in [2.05, 4.69) is 15.6 Å². The predicted octanol–water partition coefficient (Wildman–Crippen LogP) is 4.34. The number of anilines is 1. The molecule has 0 aliphatic rings.